The topological polar surface area (TPSA) is 38.7 Å². The van der Waals surface area contributed by atoms with Gasteiger partial charge in [0, 0.05) is 5.56 Å². The van der Waals surface area contributed by atoms with Crippen molar-refractivity contribution in [3.8, 4) is 17.2 Å². The van der Waals surface area contributed by atoms with Gasteiger partial charge in [0.25, 0.3) is 0 Å². The number of hydrogen-bond acceptors (Lipinski definition) is 3. The lowest BCUT2D eigenvalue weighted by molar-refractivity contribution is 0.296. The van der Waals surface area contributed by atoms with Gasteiger partial charge < -0.3 is 14.6 Å². The molecule has 0 spiro atoms. The van der Waals surface area contributed by atoms with Crippen LogP contribution in [-0.4, -0.2) is 12.2 Å². The second-order valence-electron chi connectivity index (χ2n) is 3.59. The number of phenolic OH excluding ortho intramolecular Hbond substituents is 1. The number of benzene rings is 2. The summed E-state index contributed by atoms with van der Waals surface area (Å²) in [5.74, 6) is 1.76. The second kappa shape index (κ2) is 5.25. The molecule has 2 aromatic rings. The van der Waals surface area contributed by atoms with Crippen LogP contribution in [0.5, 0.6) is 17.2 Å². The summed E-state index contributed by atoms with van der Waals surface area (Å²) in [4.78, 5) is 0. The zero-order chi connectivity index (χ0) is 12.1. The Morgan fingerprint density at radius 3 is 2.41 bits per heavy atom. The molecule has 2 rings (SSSR count). The van der Waals surface area contributed by atoms with E-state index in [1.165, 1.54) is 0 Å². The molecule has 0 aliphatic carbocycles. The maximum atomic E-state index is 9.15. The smallest absolute Gasteiger partial charge is 0.125 e. The SMILES string of the molecule is COc1ccccc1COc1ccc(O)cc1. The molecule has 0 fully saturated rings. The minimum atomic E-state index is 0.231. The van der Waals surface area contributed by atoms with Crippen molar-refractivity contribution in [1.82, 2.24) is 0 Å². The number of aromatic hydroxyl groups is 1. The molecule has 0 heterocycles. The predicted octanol–water partition coefficient (Wildman–Crippen LogP) is 2.98. The fourth-order valence-corrected chi connectivity index (χ4v) is 1.53. The van der Waals surface area contributed by atoms with Crippen molar-refractivity contribution >= 4 is 0 Å². The molecule has 17 heavy (non-hydrogen) atoms. The number of methoxy groups -OCH3 is 1. The Balaban J connectivity index is 2.04. The Kier molecular flexibility index (Phi) is 3.50. The number of para-hydroxylation sites is 1. The summed E-state index contributed by atoms with van der Waals surface area (Å²) in [6.07, 6.45) is 0. The molecule has 0 aliphatic heterocycles. The zero-order valence-electron chi connectivity index (χ0n) is 9.59. The van der Waals surface area contributed by atoms with Crippen molar-refractivity contribution in [2.24, 2.45) is 0 Å². The molecule has 2 aromatic carbocycles. The quantitative estimate of drug-likeness (QED) is 0.877. The maximum absolute atomic E-state index is 9.15. The fraction of sp³-hybridized carbons (Fsp3) is 0.143. The summed E-state index contributed by atoms with van der Waals surface area (Å²) in [5.41, 5.74) is 0.989. The van der Waals surface area contributed by atoms with Crippen LogP contribution in [0.1, 0.15) is 5.56 Å². The first kappa shape index (κ1) is 11.3. The Hall–Kier alpha value is -2.16. The molecule has 88 valence electrons. The van der Waals surface area contributed by atoms with Crippen LogP contribution in [0, 0.1) is 0 Å². The van der Waals surface area contributed by atoms with Gasteiger partial charge >= 0.3 is 0 Å². The zero-order valence-corrected chi connectivity index (χ0v) is 9.59. The Morgan fingerprint density at radius 1 is 1.00 bits per heavy atom. The van der Waals surface area contributed by atoms with E-state index in [4.69, 9.17) is 14.6 Å². The van der Waals surface area contributed by atoms with E-state index in [9.17, 15) is 0 Å². The van der Waals surface area contributed by atoms with Crippen LogP contribution in [0.15, 0.2) is 48.5 Å². The molecule has 0 atom stereocenters. The predicted molar refractivity (Wildman–Crippen MR) is 65.4 cm³/mol. The third-order valence-corrected chi connectivity index (χ3v) is 2.42. The van der Waals surface area contributed by atoms with Gasteiger partial charge in [0.2, 0.25) is 0 Å². The van der Waals surface area contributed by atoms with Gasteiger partial charge in [0.05, 0.1) is 7.11 Å². The lowest BCUT2D eigenvalue weighted by Gasteiger charge is -2.09. The van der Waals surface area contributed by atoms with Crippen molar-refractivity contribution in [1.29, 1.82) is 0 Å². The Labute approximate surface area is 100 Å². The van der Waals surface area contributed by atoms with E-state index in [0.29, 0.717) is 12.4 Å². The molecule has 0 aromatic heterocycles. The van der Waals surface area contributed by atoms with E-state index in [0.717, 1.165) is 11.3 Å². The van der Waals surface area contributed by atoms with E-state index in [2.05, 4.69) is 0 Å². The summed E-state index contributed by atoms with van der Waals surface area (Å²) in [5, 5.41) is 9.15. The first-order valence-electron chi connectivity index (χ1n) is 5.33. The number of hydrogen-bond donors (Lipinski definition) is 1. The van der Waals surface area contributed by atoms with Crippen LogP contribution in [0.3, 0.4) is 0 Å². The number of phenols is 1. The molecule has 3 nitrogen and oxygen atoms in total. The van der Waals surface area contributed by atoms with Crippen LogP contribution in [-0.2, 0) is 6.61 Å². The molecule has 0 saturated heterocycles. The van der Waals surface area contributed by atoms with Crippen molar-refractivity contribution in [2.75, 3.05) is 7.11 Å². The molecule has 0 unspecified atom stereocenters. The minimum absolute atomic E-state index is 0.231. The van der Waals surface area contributed by atoms with Gasteiger partial charge in [-0.2, -0.15) is 0 Å². The monoisotopic (exact) mass is 230 g/mol. The molecule has 0 amide bonds. The highest BCUT2D eigenvalue weighted by atomic mass is 16.5. The summed E-state index contributed by atoms with van der Waals surface area (Å²) in [7, 11) is 1.64. The van der Waals surface area contributed by atoms with Crippen molar-refractivity contribution in [3.63, 3.8) is 0 Å². The highest BCUT2D eigenvalue weighted by Gasteiger charge is 2.02. The Morgan fingerprint density at radius 2 is 1.71 bits per heavy atom. The maximum Gasteiger partial charge on any atom is 0.125 e. The van der Waals surface area contributed by atoms with Crippen LogP contribution in [0.4, 0.5) is 0 Å². The standard InChI is InChI=1S/C14H14O3/c1-16-14-5-3-2-4-11(14)10-17-13-8-6-12(15)7-9-13/h2-9,15H,10H2,1H3. The summed E-state index contributed by atoms with van der Waals surface area (Å²) in [6.45, 7) is 0.439. The first-order chi connectivity index (χ1) is 8.29. The van der Waals surface area contributed by atoms with E-state index in [1.54, 1.807) is 31.4 Å². The van der Waals surface area contributed by atoms with Crippen LogP contribution < -0.4 is 9.47 Å². The molecule has 0 bridgehead atoms. The lowest BCUT2D eigenvalue weighted by atomic mass is 10.2. The van der Waals surface area contributed by atoms with Crippen molar-refractivity contribution in [3.05, 3.63) is 54.1 Å². The number of ether oxygens (including phenoxy) is 2. The van der Waals surface area contributed by atoms with E-state index >= 15 is 0 Å². The molecule has 0 radical (unpaired) electrons. The van der Waals surface area contributed by atoms with Crippen LogP contribution in [0.25, 0.3) is 0 Å². The van der Waals surface area contributed by atoms with Gasteiger partial charge in [-0.05, 0) is 30.3 Å². The van der Waals surface area contributed by atoms with Crippen LogP contribution >= 0.6 is 0 Å². The molecular weight excluding hydrogens is 216 g/mol. The summed E-state index contributed by atoms with van der Waals surface area (Å²) in [6, 6.07) is 14.4. The van der Waals surface area contributed by atoms with Gasteiger partial charge in [-0.15, -0.1) is 0 Å². The Bertz CT molecular complexity index is 477. The summed E-state index contributed by atoms with van der Waals surface area (Å²) >= 11 is 0. The average molecular weight is 230 g/mol. The van der Waals surface area contributed by atoms with Gasteiger partial charge in [-0.1, -0.05) is 18.2 Å². The minimum Gasteiger partial charge on any atom is -0.508 e. The molecule has 0 aliphatic rings. The third kappa shape index (κ3) is 2.91. The van der Waals surface area contributed by atoms with E-state index < -0.39 is 0 Å². The third-order valence-electron chi connectivity index (χ3n) is 2.42. The van der Waals surface area contributed by atoms with Gasteiger partial charge in [0.15, 0.2) is 0 Å². The lowest BCUT2D eigenvalue weighted by Crippen LogP contribution is -1.98. The fourth-order valence-electron chi connectivity index (χ4n) is 1.53. The van der Waals surface area contributed by atoms with Crippen molar-refractivity contribution < 1.29 is 14.6 Å². The van der Waals surface area contributed by atoms with Gasteiger partial charge in [-0.25, -0.2) is 0 Å². The first-order valence-corrected chi connectivity index (χ1v) is 5.33. The highest BCUT2D eigenvalue weighted by Crippen LogP contribution is 2.21. The second-order valence-corrected chi connectivity index (χ2v) is 3.59. The highest BCUT2D eigenvalue weighted by molar-refractivity contribution is 5.34. The molecule has 1 N–H and O–H groups in total. The molecular formula is C14H14O3. The summed E-state index contributed by atoms with van der Waals surface area (Å²) < 4.78 is 10.8. The van der Waals surface area contributed by atoms with Gasteiger partial charge in [0.1, 0.15) is 23.9 Å². The van der Waals surface area contributed by atoms with E-state index in [1.807, 2.05) is 24.3 Å². The van der Waals surface area contributed by atoms with Crippen LogP contribution in [0.2, 0.25) is 0 Å². The largest absolute Gasteiger partial charge is 0.508 e. The molecule has 0 saturated carbocycles. The van der Waals surface area contributed by atoms with Gasteiger partial charge in [-0.3, -0.25) is 0 Å². The van der Waals surface area contributed by atoms with Crippen molar-refractivity contribution in [2.45, 2.75) is 6.61 Å². The number of rotatable bonds is 4. The van der Waals surface area contributed by atoms with E-state index in [-0.39, 0.29) is 5.75 Å². The molecule has 3 heteroatoms. The average Bonchev–Trinajstić information content (AvgIpc) is 2.38. The normalized spacial score (nSPS) is 9.94.